The van der Waals surface area contributed by atoms with Crippen molar-refractivity contribution in [3.05, 3.63) is 29.6 Å². The third-order valence-corrected chi connectivity index (χ3v) is 2.85. The van der Waals surface area contributed by atoms with Crippen molar-refractivity contribution < 1.29 is 4.74 Å². The van der Waals surface area contributed by atoms with Gasteiger partial charge in [-0.2, -0.15) is 15.0 Å². The second-order valence-corrected chi connectivity index (χ2v) is 4.52. The molecule has 0 aliphatic rings. The van der Waals surface area contributed by atoms with Crippen LogP contribution in [-0.4, -0.2) is 33.6 Å². The van der Waals surface area contributed by atoms with Gasteiger partial charge >= 0.3 is 6.01 Å². The Morgan fingerprint density at radius 1 is 1.19 bits per heavy atom. The molecule has 0 saturated carbocycles. The molecule has 0 amide bonds. The summed E-state index contributed by atoms with van der Waals surface area (Å²) in [6, 6.07) is 2.29. The maximum absolute atomic E-state index is 5.46. The van der Waals surface area contributed by atoms with E-state index < -0.39 is 0 Å². The first-order valence-corrected chi connectivity index (χ1v) is 6.93. The van der Waals surface area contributed by atoms with Crippen LogP contribution in [0.4, 0.5) is 11.9 Å². The van der Waals surface area contributed by atoms with Gasteiger partial charge in [0, 0.05) is 26.0 Å². The van der Waals surface area contributed by atoms with E-state index in [9.17, 15) is 0 Å². The van der Waals surface area contributed by atoms with Gasteiger partial charge < -0.3 is 15.4 Å². The fraction of sp³-hybridized carbons (Fsp3) is 0.429. The summed E-state index contributed by atoms with van der Waals surface area (Å²) in [4.78, 5) is 16.7. The minimum absolute atomic E-state index is 0.324. The molecular formula is C14H20N6O. The highest BCUT2D eigenvalue weighted by Crippen LogP contribution is 2.13. The maximum Gasteiger partial charge on any atom is 0.323 e. The van der Waals surface area contributed by atoms with E-state index in [-0.39, 0.29) is 0 Å². The monoisotopic (exact) mass is 288 g/mol. The highest BCUT2D eigenvalue weighted by Gasteiger charge is 2.07. The summed E-state index contributed by atoms with van der Waals surface area (Å²) in [7, 11) is 1.76. The second kappa shape index (κ2) is 7.37. The first-order valence-electron chi connectivity index (χ1n) is 6.93. The lowest BCUT2D eigenvalue weighted by molar-refractivity contribution is 0.292. The molecule has 0 bridgehead atoms. The molecule has 0 saturated heterocycles. The summed E-state index contributed by atoms with van der Waals surface area (Å²) in [5, 5.41) is 6.08. The van der Waals surface area contributed by atoms with Gasteiger partial charge in [0.05, 0.1) is 6.61 Å². The first-order chi connectivity index (χ1) is 10.2. The Bertz CT molecular complexity index is 589. The molecule has 7 heteroatoms. The number of pyridine rings is 1. The van der Waals surface area contributed by atoms with Crippen LogP contribution in [0.25, 0.3) is 0 Å². The summed E-state index contributed by atoms with van der Waals surface area (Å²) >= 11 is 0. The number of aryl methyl sites for hydroxylation is 1. The third-order valence-electron chi connectivity index (χ3n) is 2.85. The molecule has 0 aliphatic carbocycles. The van der Waals surface area contributed by atoms with Gasteiger partial charge in [-0.1, -0.05) is 6.92 Å². The van der Waals surface area contributed by atoms with Crippen molar-refractivity contribution in [2.45, 2.75) is 26.8 Å². The van der Waals surface area contributed by atoms with Gasteiger partial charge in [0.1, 0.15) is 0 Å². The van der Waals surface area contributed by atoms with Crippen molar-refractivity contribution in [1.82, 2.24) is 19.9 Å². The molecule has 0 atom stereocenters. The fourth-order valence-corrected chi connectivity index (χ4v) is 1.68. The van der Waals surface area contributed by atoms with Crippen molar-refractivity contribution in [1.29, 1.82) is 0 Å². The summed E-state index contributed by atoms with van der Waals surface area (Å²) in [6.45, 7) is 5.25. The summed E-state index contributed by atoms with van der Waals surface area (Å²) in [5.74, 6) is 0.960. The van der Waals surface area contributed by atoms with E-state index >= 15 is 0 Å². The quantitative estimate of drug-likeness (QED) is 0.806. The van der Waals surface area contributed by atoms with Gasteiger partial charge in [-0.15, -0.1) is 0 Å². The number of ether oxygens (including phenoxy) is 1. The Morgan fingerprint density at radius 2 is 2.00 bits per heavy atom. The van der Waals surface area contributed by atoms with E-state index in [2.05, 4.69) is 30.6 Å². The highest BCUT2D eigenvalue weighted by atomic mass is 16.5. The van der Waals surface area contributed by atoms with Gasteiger partial charge in [0.25, 0.3) is 0 Å². The Morgan fingerprint density at radius 3 is 2.71 bits per heavy atom. The molecule has 2 aromatic heterocycles. The van der Waals surface area contributed by atoms with Crippen molar-refractivity contribution in [3.63, 3.8) is 0 Å². The van der Waals surface area contributed by atoms with Gasteiger partial charge in [0.15, 0.2) is 0 Å². The summed E-state index contributed by atoms with van der Waals surface area (Å²) in [6.07, 6.45) is 4.50. The fourth-order valence-electron chi connectivity index (χ4n) is 1.68. The molecule has 0 radical (unpaired) electrons. The van der Waals surface area contributed by atoms with Gasteiger partial charge in [-0.3, -0.25) is 4.98 Å². The predicted octanol–water partition coefficient (Wildman–Crippen LogP) is 2.02. The van der Waals surface area contributed by atoms with Crippen LogP contribution in [0, 0.1) is 6.92 Å². The first kappa shape index (κ1) is 15.0. The minimum atomic E-state index is 0.324. The molecule has 2 N–H and O–H groups in total. The van der Waals surface area contributed by atoms with Crippen molar-refractivity contribution in [3.8, 4) is 6.01 Å². The normalized spacial score (nSPS) is 10.2. The number of nitrogens with zero attached hydrogens (tertiary/aromatic N) is 4. The Kier molecular flexibility index (Phi) is 5.25. The number of hydrogen-bond acceptors (Lipinski definition) is 7. The largest absolute Gasteiger partial charge is 0.463 e. The average Bonchev–Trinajstić information content (AvgIpc) is 2.52. The lowest BCUT2D eigenvalue weighted by Crippen LogP contribution is -2.10. The number of nitrogens with one attached hydrogen (secondary N) is 2. The standard InChI is InChI=1S/C14H20N6O/c1-4-7-21-14-19-12(15-3)18-13(20-14)17-9-11-5-6-16-8-10(11)2/h5-6,8H,4,7,9H2,1-3H3,(H2,15,17,18,19,20). The zero-order valence-electron chi connectivity index (χ0n) is 12.6. The third kappa shape index (κ3) is 4.27. The van der Waals surface area contributed by atoms with Crippen LogP contribution in [0.15, 0.2) is 18.5 Å². The van der Waals surface area contributed by atoms with Crippen molar-refractivity contribution >= 4 is 11.9 Å². The molecule has 0 spiro atoms. The molecule has 0 unspecified atom stereocenters. The van der Waals surface area contributed by atoms with Gasteiger partial charge in [-0.05, 0) is 30.5 Å². The molecule has 0 fully saturated rings. The van der Waals surface area contributed by atoms with Crippen LogP contribution in [0.5, 0.6) is 6.01 Å². The van der Waals surface area contributed by atoms with E-state index in [1.165, 1.54) is 0 Å². The van der Waals surface area contributed by atoms with Crippen LogP contribution in [-0.2, 0) is 6.54 Å². The van der Waals surface area contributed by atoms with E-state index in [1.807, 2.05) is 26.1 Å². The summed E-state index contributed by atoms with van der Waals surface area (Å²) in [5.41, 5.74) is 2.27. The van der Waals surface area contributed by atoms with Crippen LogP contribution in [0.3, 0.4) is 0 Å². The molecular weight excluding hydrogens is 268 g/mol. The summed E-state index contributed by atoms with van der Waals surface area (Å²) < 4.78 is 5.46. The van der Waals surface area contributed by atoms with Crippen molar-refractivity contribution in [2.24, 2.45) is 0 Å². The topological polar surface area (TPSA) is 84.9 Å². The molecule has 21 heavy (non-hydrogen) atoms. The number of hydrogen-bond donors (Lipinski definition) is 2. The van der Waals surface area contributed by atoms with E-state index in [0.717, 1.165) is 17.5 Å². The number of aromatic nitrogens is 4. The molecule has 7 nitrogen and oxygen atoms in total. The number of rotatable bonds is 7. The van der Waals surface area contributed by atoms with Crippen molar-refractivity contribution in [2.75, 3.05) is 24.3 Å². The minimum Gasteiger partial charge on any atom is -0.463 e. The predicted molar refractivity (Wildman–Crippen MR) is 81.5 cm³/mol. The molecule has 112 valence electrons. The Labute approximate surface area is 124 Å². The molecule has 2 heterocycles. The molecule has 2 aromatic rings. The average molecular weight is 288 g/mol. The van der Waals surface area contributed by atoms with Crippen LogP contribution >= 0.6 is 0 Å². The van der Waals surface area contributed by atoms with E-state index in [1.54, 1.807) is 13.2 Å². The highest BCUT2D eigenvalue weighted by molar-refractivity contribution is 5.36. The molecule has 0 aliphatic heterocycles. The maximum atomic E-state index is 5.46. The molecule has 0 aromatic carbocycles. The van der Waals surface area contributed by atoms with E-state index in [0.29, 0.717) is 31.1 Å². The van der Waals surface area contributed by atoms with E-state index in [4.69, 9.17) is 4.74 Å². The Balaban J connectivity index is 2.09. The van der Waals surface area contributed by atoms with Crippen LogP contribution in [0.1, 0.15) is 24.5 Å². The van der Waals surface area contributed by atoms with Crippen LogP contribution in [0.2, 0.25) is 0 Å². The van der Waals surface area contributed by atoms with Gasteiger partial charge in [0.2, 0.25) is 11.9 Å². The van der Waals surface area contributed by atoms with Crippen LogP contribution < -0.4 is 15.4 Å². The zero-order valence-corrected chi connectivity index (χ0v) is 12.6. The SMILES string of the molecule is CCCOc1nc(NC)nc(NCc2ccncc2C)n1. The van der Waals surface area contributed by atoms with Gasteiger partial charge in [-0.25, -0.2) is 0 Å². The Hall–Kier alpha value is -2.44. The smallest absolute Gasteiger partial charge is 0.323 e. The second-order valence-electron chi connectivity index (χ2n) is 4.52. The number of anilines is 2. The lowest BCUT2D eigenvalue weighted by atomic mass is 10.1. The zero-order chi connectivity index (χ0) is 15.1. The lowest BCUT2D eigenvalue weighted by Gasteiger charge is -2.10. The molecule has 2 rings (SSSR count).